The number of aliphatic hydroxyl groups is 2. The minimum atomic E-state index is -0.756. The van der Waals surface area contributed by atoms with Crippen LogP contribution in [0.5, 0.6) is 0 Å². The highest BCUT2D eigenvalue weighted by molar-refractivity contribution is 4.89. The molecule has 12 heavy (non-hydrogen) atoms. The lowest BCUT2D eigenvalue weighted by Crippen LogP contribution is -2.44. The second-order valence-corrected chi connectivity index (χ2v) is 3.97. The van der Waals surface area contributed by atoms with E-state index in [0.717, 1.165) is 44.9 Å². The van der Waals surface area contributed by atoms with Crippen LogP contribution in [0.3, 0.4) is 0 Å². The molecule has 1 rings (SSSR count). The van der Waals surface area contributed by atoms with E-state index in [-0.39, 0.29) is 0 Å². The van der Waals surface area contributed by atoms with Crippen LogP contribution in [-0.4, -0.2) is 21.9 Å². The highest BCUT2D eigenvalue weighted by Gasteiger charge is 2.36. The van der Waals surface area contributed by atoms with Gasteiger partial charge in [-0.25, -0.2) is 0 Å². The molecular formula is C10H20O2. The molecule has 1 aliphatic rings. The van der Waals surface area contributed by atoms with E-state index in [1.165, 1.54) is 0 Å². The van der Waals surface area contributed by atoms with Crippen LogP contribution in [-0.2, 0) is 0 Å². The van der Waals surface area contributed by atoms with E-state index in [4.69, 9.17) is 0 Å². The first-order valence-electron chi connectivity index (χ1n) is 5.09. The summed E-state index contributed by atoms with van der Waals surface area (Å²) in [6.07, 6.45) is 6.10. The Hall–Kier alpha value is -0.0800. The standard InChI is InChI=1S/C10H20O2/c1-2-3-7-10(12)8-5-4-6-9(10)11/h9,11-12H,2-8H2,1H3. The van der Waals surface area contributed by atoms with E-state index in [2.05, 4.69) is 6.92 Å². The summed E-state index contributed by atoms with van der Waals surface area (Å²) in [6, 6.07) is 0. The fourth-order valence-electron chi connectivity index (χ4n) is 1.98. The van der Waals surface area contributed by atoms with Crippen molar-refractivity contribution in [1.82, 2.24) is 0 Å². The van der Waals surface area contributed by atoms with Gasteiger partial charge in [0, 0.05) is 0 Å². The maximum Gasteiger partial charge on any atom is 0.0905 e. The van der Waals surface area contributed by atoms with Crippen molar-refractivity contribution in [2.45, 2.75) is 63.6 Å². The number of unbranched alkanes of at least 4 members (excludes halogenated alkanes) is 1. The fraction of sp³-hybridized carbons (Fsp3) is 1.00. The third-order valence-electron chi connectivity index (χ3n) is 2.92. The highest BCUT2D eigenvalue weighted by atomic mass is 16.3. The summed E-state index contributed by atoms with van der Waals surface area (Å²) in [6.45, 7) is 2.11. The van der Waals surface area contributed by atoms with Crippen LogP contribution in [0.1, 0.15) is 51.9 Å². The third-order valence-corrected chi connectivity index (χ3v) is 2.92. The van der Waals surface area contributed by atoms with E-state index < -0.39 is 11.7 Å². The Labute approximate surface area is 74.6 Å². The van der Waals surface area contributed by atoms with Crippen molar-refractivity contribution >= 4 is 0 Å². The van der Waals surface area contributed by atoms with Crippen LogP contribution in [0.15, 0.2) is 0 Å². The van der Waals surface area contributed by atoms with E-state index in [0.29, 0.717) is 0 Å². The van der Waals surface area contributed by atoms with Crippen molar-refractivity contribution in [2.24, 2.45) is 0 Å². The van der Waals surface area contributed by atoms with Crippen LogP contribution < -0.4 is 0 Å². The van der Waals surface area contributed by atoms with Crippen molar-refractivity contribution in [2.75, 3.05) is 0 Å². The second-order valence-electron chi connectivity index (χ2n) is 3.97. The predicted molar refractivity (Wildman–Crippen MR) is 48.9 cm³/mol. The quantitative estimate of drug-likeness (QED) is 0.682. The summed E-state index contributed by atoms with van der Waals surface area (Å²) < 4.78 is 0. The number of rotatable bonds is 3. The van der Waals surface area contributed by atoms with Crippen LogP contribution in [0.2, 0.25) is 0 Å². The first-order chi connectivity index (χ1) is 5.69. The van der Waals surface area contributed by atoms with Gasteiger partial charge in [-0.05, 0) is 19.3 Å². The Balaban J connectivity index is 2.42. The SMILES string of the molecule is CCCCC1(O)CCCCC1O. The molecule has 0 amide bonds. The molecule has 0 aromatic carbocycles. The molecule has 2 unspecified atom stereocenters. The van der Waals surface area contributed by atoms with E-state index in [1.54, 1.807) is 0 Å². The molecule has 2 heteroatoms. The minimum absolute atomic E-state index is 0.474. The van der Waals surface area contributed by atoms with Gasteiger partial charge in [-0.2, -0.15) is 0 Å². The van der Waals surface area contributed by atoms with Crippen molar-refractivity contribution in [3.05, 3.63) is 0 Å². The Kier molecular flexibility index (Phi) is 3.53. The Morgan fingerprint density at radius 2 is 2.17 bits per heavy atom. The summed E-state index contributed by atoms with van der Waals surface area (Å²) >= 11 is 0. The molecule has 0 bridgehead atoms. The monoisotopic (exact) mass is 172 g/mol. The number of hydrogen-bond acceptors (Lipinski definition) is 2. The zero-order valence-electron chi connectivity index (χ0n) is 7.92. The molecule has 1 fully saturated rings. The third kappa shape index (κ3) is 2.20. The summed E-state index contributed by atoms with van der Waals surface area (Å²) in [5, 5.41) is 19.6. The van der Waals surface area contributed by atoms with Crippen molar-refractivity contribution < 1.29 is 10.2 Å². The van der Waals surface area contributed by atoms with Crippen LogP contribution in [0.25, 0.3) is 0 Å². The first-order valence-corrected chi connectivity index (χ1v) is 5.09. The van der Waals surface area contributed by atoms with Gasteiger partial charge in [-0.1, -0.05) is 32.6 Å². The van der Waals surface area contributed by atoms with Crippen LogP contribution >= 0.6 is 0 Å². The molecule has 0 aromatic rings. The van der Waals surface area contributed by atoms with Crippen molar-refractivity contribution in [1.29, 1.82) is 0 Å². The molecule has 0 saturated heterocycles. The van der Waals surface area contributed by atoms with Gasteiger partial charge >= 0.3 is 0 Å². The van der Waals surface area contributed by atoms with Gasteiger partial charge in [0.2, 0.25) is 0 Å². The number of hydrogen-bond donors (Lipinski definition) is 2. The average Bonchev–Trinajstić information content (AvgIpc) is 2.07. The maximum absolute atomic E-state index is 10.0. The largest absolute Gasteiger partial charge is 0.390 e. The van der Waals surface area contributed by atoms with Crippen LogP contribution in [0, 0.1) is 0 Å². The topological polar surface area (TPSA) is 40.5 Å². The molecule has 72 valence electrons. The van der Waals surface area contributed by atoms with Crippen molar-refractivity contribution in [3.8, 4) is 0 Å². The van der Waals surface area contributed by atoms with E-state index in [1.807, 2.05) is 0 Å². The molecule has 2 atom stereocenters. The molecule has 1 aliphatic carbocycles. The molecule has 0 radical (unpaired) electrons. The van der Waals surface area contributed by atoms with E-state index >= 15 is 0 Å². The molecule has 0 heterocycles. The lowest BCUT2D eigenvalue weighted by Gasteiger charge is -2.36. The Bertz CT molecular complexity index is 136. The molecular weight excluding hydrogens is 152 g/mol. The molecule has 2 N–H and O–H groups in total. The Morgan fingerprint density at radius 3 is 2.75 bits per heavy atom. The Morgan fingerprint density at radius 1 is 1.42 bits per heavy atom. The second kappa shape index (κ2) is 4.24. The van der Waals surface area contributed by atoms with Gasteiger partial charge in [-0.3, -0.25) is 0 Å². The zero-order valence-corrected chi connectivity index (χ0v) is 7.92. The molecule has 0 aromatic heterocycles. The van der Waals surface area contributed by atoms with Gasteiger partial charge in [0.05, 0.1) is 11.7 Å². The van der Waals surface area contributed by atoms with Gasteiger partial charge < -0.3 is 10.2 Å². The normalized spacial score (nSPS) is 36.8. The maximum atomic E-state index is 10.0. The highest BCUT2D eigenvalue weighted by Crippen LogP contribution is 2.32. The first kappa shape index (κ1) is 10.0. The van der Waals surface area contributed by atoms with Gasteiger partial charge in [0.25, 0.3) is 0 Å². The molecule has 2 nitrogen and oxygen atoms in total. The van der Waals surface area contributed by atoms with E-state index in [9.17, 15) is 10.2 Å². The van der Waals surface area contributed by atoms with Gasteiger partial charge in [0.1, 0.15) is 0 Å². The predicted octanol–water partition coefficient (Wildman–Crippen LogP) is 1.84. The minimum Gasteiger partial charge on any atom is -0.390 e. The summed E-state index contributed by atoms with van der Waals surface area (Å²) in [7, 11) is 0. The van der Waals surface area contributed by atoms with Crippen molar-refractivity contribution in [3.63, 3.8) is 0 Å². The van der Waals surface area contributed by atoms with Gasteiger partial charge in [0.15, 0.2) is 0 Å². The fourth-order valence-corrected chi connectivity index (χ4v) is 1.98. The smallest absolute Gasteiger partial charge is 0.0905 e. The summed E-state index contributed by atoms with van der Waals surface area (Å²) in [5.74, 6) is 0. The lowest BCUT2D eigenvalue weighted by atomic mass is 9.79. The molecule has 0 spiro atoms. The van der Waals surface area contributed by atoms with Gasteiger partial charge in [-0.15, -0.1) is 0 Å². The summed E-state index contributed by atoms with van der Waals surface area (Å²) in [4.78, 5) is 0. The molecule has 0 aliphatic heterocycles. The average molecular weight is 172 g/mol. The lowest BCUT2D eigenvalue weighted by molar-refractivity contribution is -0.105. The van der Waals surface area contributed by atoms with Crippen LogP contribution in [0.4, 0.5) is 0 Å². The zero-order chi connectivity index (χ0) is 9.03. The number of aliphatic hydroxyl groups excluding tert-OH is 1. The molecule has 1 saturated carbocycles. The summed E-state index contributed by atoms with van der Waals surface area (Å²) in [5.41, 5.74) is -0.756.